The number of nitrogens with zero attached hydrogens (tertiary/aromatic N) is 8. The van der Waals surface area contributed by atoms with Gasteiger partial charge in [-0.05, 0) is 153 Å². The molecule has 1 spiro atoms. The predicted molar refractivity (Wildman–Crippen MR) is 375 cm³/mol. The molecule has 11 aromatic carbocycles. The van der Waals surface area contributed by atoms with Gasteiger partial charge < -0.3 is 18.4 Å². The van der Waals surface area contributed by atoms with E-state index in [1.807, 2.05) is 36.7 Å². The van der Waals surface area contributed by atoms with Crippen LogP contribution in [0.5, 0.6) is 11.5 Å². The molecule has 0 saturated carbocycles. The van der Waals surface area contributed by atoms with Gasteiger partial charge in [0.2, 0.25) is 0 Å². The molecule has 21 rings (SSSR count). The molecule has 0 N–H and O–H groups in total. The van der Waals surface area contributed by atoms with Crippen LogP contribution >= 0.6 is 0 Å². The summed E-state index contributed by atoms with van der Waals surface area (Å²) in [5.74, 6) is 1.25. The van der Waals surface area contributed by atoms with E-state index in [9.17, 15) is 10.5 Å². The number of nitriles is 2. The van der Waals surface area contributed by atoms with E-state index in [-0.39, 0.29) is 11.8 Å². The average molecular weight is 1210 g/mol. The lowest BCUT2D eigenvalue weighted by Crippen LogP contribution is -2.33. The van der Waals surface area contributed by atoms with Crippen molar-refractivity contribution in [2.75, 3.05) is 0 Å². The van der Waals surface area contributed by atoms with E-state index in [2.05, 4.69) is 269 Å². The van der Waals surface area contributed by atoms with E-state index in [0.717, 1.165) is 127 Å². The number of hydrogen-bond acceptors (Lipinski definition) is 6. The molecule has 0 bridgehead atoms. The molecule has 17 aromatic rings. The van der Waals surface area contributed by atoms with Gasteiger partial charge in [-0.3, -0.25) is 15.0 Å². The van der Waals surface area contributed by atoms with Crippen LogP contribution in [-0.2, 0) is 5.41 Å². The number of pyridine rings is 3. The predicted octanol–water partition coefficient (Wildman–Crippen LogP) is 19.7. The smallest absolute Gasteiger partial charge is 0.134 e. The van der Waals surface area contributed by atoms with Crippen LogP contribution in [0.4, 0.5) is 0 Å². The minimum Gasteiger partial charge on any atom is -0.457 e. The third kappa shape index (κ3) is 6.89. The lowest BCUT2D eigenvalue weighted by atomic mass is 9.65. The van der Waals surface area contributed by atoms with Crippen LogP contribution in [0.25, 0.3) is 116 Å². The molecular weight excluding hydrogens is 1160 g/mol. The van der Waals surface area contributed by atoms with Crippen molar-refractivity contribution in [2.45, 2.75) is 17.3 Å². The highest BCUT2D eigenvalue weighted by Crippen LogP contribution is 2.64. The molecule has 4 aliphatic rings. The summed E-state index contributed by atoms with van der Waals surface area (Å²) in [6, 6.07) is 96.2. The minimum absolute atomic E-state index is 0.0767. The lowest BCUT2D eigenvalue weighted by Gasteiger charge is -2.40. The molecule has 0 atom stereocenters. The normalized spacial score (nSPS) is 13.7. The number of rotatable bonds is 5. The maximum Gasteiger partial charge on any atom is 0.134 e. The quantitative estimate of drug-likeness (QED) is 0.170. The first-order valence-corrected chi connectivity index (χ1v) is 32.1. The third-order valence-corrected chi connectivity index (χ3v) is 21.1. The zero-order valence-electron chi connectivity index (χ0n) is 50.7. The van der Waals surface area contributed by atoms with Crippen LogP contribution in [0, 0.1) is 22.7 Å². The molecule has 9 nitrogen and oxygen atoms in total. The maximum atomic E-state index is 10.2. The third-order valence-electron chi connectivity index (χ3n) is 21.1. The van der Waals surface area contributed by atoms with Gasteiger partial charge in [0, 0.05) is 114 Å². The fourth-order valence-electron chi connectivity index (χ4n) is 17.2. The summed E-state index contributed by atoms with van der Waals surface area (Å²) in [5, 5.41) is 26.5. The van der Waals surface area contributed by atoms with Gasteiger partial charge in [0.05, 0.1) is 79.4 Å². The molecule has 1 aliphatic heterocycles. The van der Waals surface area contributed by atoms with Crippen molar-refractivity contribution < 1.29 is 4.74 Å². The van der Waals surface area contributed by atoms with E-state index >= 15 is 0 Å². The molecule has 3 aliphatic carbocycles. The number of hydrogen-bond donors (Lipinski definition) is 0. The first-order chi connectivity index (χ1) is 47.0. The van der Waals surface area contributed by atoms with Crippen molar-refractivity contribution in [3.63, 3.8) is 0 Å². The lowest BCUT2D eigenvalue weighted by molar-refractivity contribution is 0.435. The van der Waals surface area contributed by atoms with Gasteiger partial charge in [0.15, 0.2) is 0 Å². The Morgan fingerprint density at radius 2 is 0.726 bits per heavy atom. The number of para-hydroxylation sites is 2. The van der Waals surface area contributed by atoms with Gasteiger partial charge in [-0.15, -0.1) is 0 Å². The second-order valence-corrected chi connectivity index (χ2v) is 25.6. The van der Waals surface area contributed by atoms with Gasteiger partial charge >= 0.3 is 0 Å². The van der Waals surface area contributed by atoms with E-state index in [1.165, 1.54) is 44.5 Å². The van der Waals surface area contributed by atoms with Crippen molar-refractivity contribution in [3.05, 3.63) is 346 Å². The second-order valence-electron chi connectivity index (χ2n) is 25.6. The van der Waals surface area contributed by atoms with Gasteiger partial charge in [-0.25, -0.2) is 0 Å². The molecule has 0 unspecified atom stereocenters. The first kappa shape index (κ1) is 51.8. The minimum atomic E-state index is -1.03. The zero-order chi connectivity index (χ0) is 62.4. The Morgan fingerprint density at radius 1 is 0.337 bits per heavy atom. The van der Waals surface area contributed by atoms with Crippen LogP contribution in [0.2, 0.25) is 0 Å². The van der Waals surface area contributed by atoms with Gasteiger partial charge in [-0.2, -0.15) is 10.5 Å². The molecule has 9 heteroatoms. The standard InChI is InChI=1S/C86H48N8O/c87-44-49-25-32-76-67(37-49)60-17-9-11-23-74(60)92(76)53-29-34-78-69(41-53)62-35-36-89-48-79(62)94(78)55-28-31-71-81(43-55)95-80-42-54(93-75-24-12-10-18-61(75)68-38-50(45-88)26-33-77(68)93)27-30-70(80)86(71)72-39-51(82-63-19-5-1-13-56(63)57-14-2-6-20-64(57)82)46-90-84(72)85-73(86)40-52(47-91-85)83-65-21-7-3-15-58(65)59-16-4-8-22-66(59)83/h1-43,46-48,82-83H. The Balaban J connectivity index is 0.835. The van der Waals surface area contributed by atoms with Crippen LogP contribution in [0.3, 0.4) is 0 Å². The molecule has 0 fully saturated rings. The highest BCUT2D eigenvalue weighted by molar-refractivity contribution is 6.13. The van der Waals surface area contributed by atoms with Crippen LogP contribution < -0.4 is 4.74 Å². The average Bonchev–Trinajstić information content (AvgIpc) is 1.56. The van der Waals surface area contributed by atoms with Crippen molar-refractivity contribution in [3.8, 4) is 74.3 Å². The molecule has 0 amide bonds. The van der Waals surface area contributed by atoms with E-state index in [1.54, 1.807) is 0 Å². The van der Waals surface area contributed by atoms with E-state index < -0.39 is 5.41 Å². The highest BCUT2D eigenvalue weighted by Gasteiger charge is 2.54. The van der Waals surface area contributed by atoms with Crippen molar-refractivity contribution in [2.24, 2.45) is 0 Å². The monoisotopic (exact) mass is 1210 g/mol. The van der Waals surface area contributed by atoms with Gasteiger partial charge in [0.1, 0.15) is 11.5 Å². The molecule has 438 valence electrons. The summed E-state index contributed by atoms with van der Waals surface area (Å²) in [6.45, 7) is 0. The number of fused-ring (bicyclic) bond motifs is 24. The Morgan fingerprint density at radius 3 is 1.21 bits per heavy atom. The highest BCUT2D eigenvalue weighted by atomic mass is 16.5. The Hall–Kier alpha value is -13.0. The molecule has 95 heavy (non-hydrogen) atoms. The molecule has 6 aromatic heterocycles. The summed E-state index contributed by atoms with van der Waals surface area (Å²) < 4.78 is 14.7. The van der Waals surface area contributed by atoms with Gasteiger partial charge in [-0.1, -0.05) is 146 Å². The molecule has 0 saturated heterocycles. The van der Waals surface area contributed by atoms with Crippen molar-refractivity contribution in [1.82, 2.24) is 28.7 Å². The van der Waals surface area contributed by atoms with E-state index in [4.69, 9.17) is 19.7 Å². The number of benzene rings is 11. The number of ether oxygens (including phenoxy) is 1. The summed E-state index contributed by atoms with van der Waals surface area (Å²) >= 11 is 0. The molecule has 0 radical (unpaired) electrons. The van der Waals surface area contributed by atoms with Crippen LogP contribution in [0.1, 0.15) is 78.6 Å². The van der Waals surface area contributed by atoms with Crippen molar-refractivity contribution in [1.29, 1.82) is 10.5 Å². The fourth-order valence-corrected chi connectivity index (χ4v) is 17.2. The fraction of sp³-hybridized carbons (Fsp3) is 0.0349. The topological polar surface area (TPSA) is 110 Å². The molecular formula is C86H48N8O. The summed E-state index contributed by atoms with van der Waals surface area (Å²) in [5.41, 5.74) is 27.0. The Labute approximate surface area is 544 Å². The SMILES string of the molecule is N#Cc1ccc2c(c1)c1ccccc1n2-c1ccc2c(c1)Oc1cc(-n3c4ccc(-n5c6ccccc6c6cc(C#N)ccc65)cc4c4ccncc43)ccc1C21c2cc(C3c4ccccc4-c4ccccc43)cnc2-c2ncc(C3c4ccccc4-c4ccccc43)cc21. The van der Waals surface area contributed by atoms with E-state index in [0.29, 0.717) is 22.6 Å². The van der Waals surface area contributed by atoms with Crippen molar-refractivity contribution >= 4 is 65.4 Å². The second kappa shape index (κ2) is 19.1. The Bertz CT molecular complexity index is 6170. The van der Waals surface area contributed by atoms with Crippen LogP contribution in [-0.4, -0.2) is 28.7 Å². The summed E-state index contributed by atoms with van der Waals surface area (Å²) in [4.78, 5) is 16.1. The van der Waals surface area contributed by atoms with Gasteiger partial charge in [0.25, 0.3) is 0 Å². The Kier molecular flexibility index (Phi) is 10.4. The summed E-state index contributed by atoms with van der Waals surface area (Å²) in [7, 11) is 0. The zero-order valence-corrected chi connectivity index (χ0v) is 50.7. The maximum absolute atomic E-state index is 10.2. The summed E-state index contributed by atoms with van der Waals surface area (Å²) in [6.07, 6.45) is 8.05. The molecule has 7 heterocycles. The van der Waals surface area contributed by atoms with Crippen LogP contribution in [0.15, 0.2) is 280 Å². The first-order valence-electron chi connectivity index (χ1n) is 32.1. The largest absolute Gasteiger partial charge is 0.457 e. The number of aromatic nitrogens is 6.